The van der Waals surface area contributed by atoms with E-state index in [0.29, 0.717) is 11.3 Å². The Kier molecular flexibility index (Phi) is 4.11. The van der Waals surface area contributed by atoms with Crippen LogP contribution in [0.25, 0.3) is 0 Å². The van der Waals surface area contributed by atoms with E-state index in [1.807, 2.05) is 32.0 Å². The molecule has 0 aliphatic heterocycles. The Morgan fingerprint density at radius 2 is 1.79 bits per heavy atom. The topological polar surface area (TPSA) is 9.23 Å². The summed E-state index contributed by atoms with van der Waals surface area (Å²) < 4.78 is 18.6. The summed E-state index contributed by atoms with van der Waals surface area (Å²) in [5.74, 6) is 0.282. The highest BCUT2D eigenvalue weighted by Gasteiger charge is 2.17. The molecule has 3 heteroatoms. The Morgan fingerprint density at radius 3 is 2.42 bits per heavy atom. The van der Waals surface area contributed by atoms with Gasteiger partial charge in [-0.2, -0.15) is 0 Å². The van der Waals surface area contributed by atoms with E-state index in [1.54, 1.807) is 13.2 Å². The molecule has 0 aliphatic carbocycles. The summed E-state index contributed by atoms with van der Waals surface area (Å²) in [6, 6.07) is 10.4. The van der Waals surface area contributed by atoms with Gasteiger partial charge in [-0.25, -0.2) is 4.39 Å². The molecule has 1 unspecified atom stereocenters. The number of alkyl halides is 1. The first-order valence-corrected chi connectivity index (χ1v) is 6.51. The van der Waals surface area contributed by atoms with Crippen molar-refractivity contribution in [2.45, 2.75) is 19.2 Å². The van der Waals surface area contributed by atoms with E-state index in [9.17, 15) is 4.39 Å². The SMILES string of the molecule is COc1ccc(F)cc1C(Cl)c1ccc(C)c(C)c1. The minimum atomic E-state index is -0.426. The summed E-state index contributed by atoms with van der Waals surface area (Å²) in [5, 5.41) is -0.426. The van der Waals surface area contributed by atoms with Crippen LogP contribution in [-0.2, 0) is 0 Å². The third kappa shape index (κ3) is 2.90. The second kappa shape index (κ2) is 5.62. The Bertz CT molecular complexity index is 595. The number of rotatable bonds is 3. The van der Waals surface area contributed by atoms with E-state index in [4.69, 9.17) is 16.3 Å². The number of aryl methyl sites for hydroxylation is 2. The predicted molar refractivity (Wildman–Crippen MR) is 76.6 cm³/mol. The molecule has 0 heterocycles. The molecule has 0 radical (unpaired) electrons. The number of hydrogen-bond acceptors (Lipinski definition) is 1. The summed E-state index contributed by atoms with van der Waals surface area (Å²) in [6.07, 6.45) is 0. The van der Waals surface area contributed by atoms with Crippen LogP contribution in [0.1, 0.15) is 27.6 Å². The van der Waals surface area contributed by atoms with Crippen LogP contribution < -0.4 is 4.74 Å². The Balaban J connectivity index is 2.45. The van der Waals surface area contributed by atoms with Crippen molar-refractivity contribution in [3.8, 4) is 5.75 Å². The lowest BCUT2D eigenvalue weighted by Crippen LogP contribution is -1.99. The van der Waals surface area contributed by atoms with Gasteiger partial charge in [0.2, 0.25) is 0 Å². The van der Waals surface area contributed by atoms with Gasteiger partial charge in [0.05, 0.1) is 12.5 Å². The first-order valence-electron chi connectivity index (χ1n) is 6.07. The van der Waals surface area contributed by atoms with E-state index in [-0.39, 0.29) is 5.82 Å². The van der Waals surface area contributed by atoms with Gasteiger partial charge in [-0.05, 0) is 48.7 Å². The summed E-state index contributed by atoms with van der Waals surface area (Å²) >= 11 is 6.47. The molecule has 0 amide bonds. The van der Waals surface area contributed by atoms with Gasteiger partial charge in [0.25, 0.3) is 0 Å². The van der Waals surface area contributed by atoms with E-state index in [2.05, 4.69) is 0 Å². The zero-order chi connectivity index (χ0) is 14.0. The van der Waals surface area contributed by atoms with Crippen LogP contribution in [-0.4, -0.2) is 7.11 Å². The van der Waals surface area contributed by atoms with E-state index >= 15 is 0 Å². The average Bonchev–Trinajstić information content (AvgIpc) is 2.41. The number of halogens is 2. The fourth-order valence-electron chi connectivity index (χ4n) is 2.01. The molecule has 0 fully saturated rings. The van der Waals surface area contributed by atoms with Crippen LogP contribution in [0.15, 0.2) is 36.4 Å². The minimum absolute atomic E-state index is 0.315. The predicted octanol–water partition coefficient (Wildman–Crippen LogP) is 4.78. The van der Waals surface area contributed by atoms with Gasteiger partial charge in [-0.3, -0.25) is 0 Å². The van der Waals surface area contributed by atoms with Crippen molar-refractivity contribution in [2.75, 3.05) is 7.11 Å². The molecule has 0 saturated carbocycles. The summed E-state index contributed by atoms with van der Waals surface area (Å²) in [4.78, 5) is 0. The molecular formula is C16H16ClFO. The van der Waals surface area contributed by atoms with Crippen LogP contribution in [0.4, 0.5) is 4.39 Å². The van der Waals surface area contributed by atoms with Crippen molar-refractivity contribution in [3.63, 3.8) is 0 Å². The maximum absolute atomic E-state index is 13.4. The van der Waals surface area contributed by atoms with Crippen molar-refractivity contribution in [3.05, 3.63) is 64.5 Å². The van der Waals surface area contributed by atoms with Crippen molar-refractivity contribution in [1.29, 1.82) is 0 Å². The summed E-state index contributed by atoms with van der Waals surface area (Å²) in [6.45, 7) is 4.08. The first-order chi connectivity index (χ1) is 9.02. The van der Waals surface area contributed by atoms with Gasteiger partial charge in [-0.15, -0.1) is 11.6 Å². The molecule has 0 aromatic heterocycles. The van der Waals surface area contributed by atoms with Crippen LogP contribution >= 0.6 is 11.6 Å². The maximum atomic E-state index is 13.4. The van der Waals surface area contributed by atoms with Gasteiger partial charge in [0, 0.05) is 5.56 Å². The van der Waals surface area contributed by atoms with Crippen LogP contribution in [0.2, 0.25) is 0 Å². The lowest BCUT2D eigenvalue weighted by atomic mass is 9.99. The van der Waals surface area contributed by atoms with Crippen LogP contribution in [0, 0.1) is 19.7 Å². The number of methoxy groups -OCH3 is 1. The van der Waals surface area contributed by atoms with Crippen molar-refractivity contribution >= 4 is 11.6 Å². The third-order valence-corrected chi connectivity index (χ3v) is 3.78. The molecule has 0 aliphatic rings. The second-order valence-electron chi connectivity index (χ2n) is 4.59. The Labute approximate surface area is 118 Å². The third-order valence-electron chi connectivity index (χ3n) is 3.29. The Hall–Kier alpha value is -1.54. The van der Waals surface area contributed by atoms with Gasteiger partial charge < -0.3 is 4.74 Å². The molecule has 1 nitrogen and oxygen atoms in total. The zero-order valence-corrected chi connectivity index (χ0v) is 12.0. The van der Waals surface area contributed by atoms with Crippen molar-refractivity contribution in [1.82, 2.24) is 0 Å². The lowest BCUT2D eigenvalue weighted by molar-refractivity contribution is 0.409. The molecule has 0 N–H and O–H groups in total. The molecule has 2 aromatic carbocycles. The highest BCUT2D eigenvalue weighted by Crippen LogP contribution is 2.36. The number of benzene rings is 2. The first kappa shape index (κ1) is 13.9. The molecule has 100 valence electrons. The smallest absolute Gasteiger partial charge is 0.124 e. The highest BCUT2D eigenvalue weighted by molar-refractivity contribution is 6.22. The largest absolute Gasteiger partial charge is 0.496 e. The molecule has 0 bridgehead atoms. The maximum Gasteiger partial charge on any atom is 0.124 e. The molecule has 1 atom stereocenters. The molecule has 19 heavy (non-hydrogen) atoms. The molecular weight excluding hydrogens is 263 g/mol. The van der Waals surface area contributed by atoms with Gasteiger partial charge >= 0.3 is 0 Å². The summed E-state index contributed by atoms with van der Waals surface area (Å²) in [5.41, 5.74) is 3.96. The minimum Gasteiger partial charge on any atom is -0.496 e. The van der Waals surface area contributed by atoms with Gasteiger partial charge in [-0.1, -0.05) is 18.2 Å². The van der Waals surface area contributed by atoms with Gasteiger partial charge in [0.15, 0.2) is 0 Å². The fourth-order valence-corrected chi connectivity index (χ4v) is 2.31. The van der Waals surface area contributed by atoms with Crippen LogP contribution in [0.5, 0.6) is 5.75 Å². The standard InChI is InChI=1S/C16H16ClFO/c1-10-4-5-12(8-11(10)2)16(17)14-9-13(18)6-7-15(14)19-3/h4-9,16H,1-3H3. The number of ether oxygens (including phenoxy) is 1. The van der Waals surface area contributed by atoms with Crippen LogP contribution in [0.3, 0.4) is 0 Å². The zero-order valence-electron chi connectivity index (χ0n) is 11.2. The quantitative estimate of drug-likeness (QED) is 0.734. The molecule has 0 saturated heterocycles. The molecule has 2 aromatic rings. The Morgan fingerprint density at radius 1 is 1.05 bits per heavy atom. The van der Waals surface area contributed by atoms with Crippen molar-refractivity contribution in [2.24, 2.45) is 0 Å². The normalized spacial score (nSPS) is 12.3. The van der Waals surface area contributed by atoms with Crippen molar-refractivity contribution < 1.29 is 9.13 Å². The van der Waals surface area contributed by atoms with Gasteiger partial charge in [0.1, 0.15) is 11.6 Å². The molecule has 2 rings (SSSR count). The second-order valence-corrected chi connectivity index (χ2v) is 5.03. The number of hydrogen-bond donors (Lipinski definition) is 0. The molecule has 0 spiro atoms. The highest BCUT2D eigenvalue weighted by atomic mass is 35.5. The summed E-state index contributed by atoms with van der Waals surface area (Å²) in [7, 11) is 1.56. The van der Waals surface area contributed by atoms with E-state index in [0.717, 1.165) is 5.56 Å². The monoisotopic (exact) mass is 278 g/mol. The fraction of sp³-hybridized carbons (Fsp3) is 0.250. The van der Waals surface area contributed by atoms with E-state index < -0.39 is 5.38 Å². The lowest BCUT2D eigenvalue weighted by Gasteiger charge is -2.15. The average molecular weight is 279 g/mol. The van der Waals surface area contributed by atoms with E-state index in [1.165, 1.54) is 23.3 Å².